The van der Waals surface area contributed by atoms with Crippen LogP contribution in [0.4, 0.5) is 11.8 Å². The van der Waals surface area contributed by atoms with E-state index in [-0.39, 0.29) is 11.9 Å². The molecule has 1 aromatic carbocycles. The molecule has 1 atom stereocenters. The smallest absolute Gasteiger partial charge is 0.254 e. The normalized spacial score (nSPS) is 19.0. The predicted octanol–water partition coefficient (Wildman–Crippen LogP) is 3.36. The fraction of sp³-hybridized carbons (Fsp3) is 0.409. The number of anilines is 2. The Labute approximate surface area is 166 Å². The first-order valence-electron chi connectivity index (χ1n) is 10.0. The minimum Gasteiger partial charge on any atom is -0.384 e. The number of nitrogens with two attached hydrogens (primary N) is 1. The summed E-state index contributed by atoms with van der Waals surface area (Å²) < 4.78 is 0. The van der Waals surface area contributed by atoms with Gasteiger partial charge in [-0.1, -0.05) is 38.1 Å². The van der Waals surface area contributed by atoms with E-state index >= 15 is 0 Å². The van der Waals surface area contributed by atoms with Crippen LogP contribution < -0.4 is 10.6 Å². The quantitative estimate of drug-likeness (QED) is 0.827. The Morgan fingerprint density at radius 1 is 1.18 bits per heavy atom. The van der Waals surface area contributed by atoms with E-state index in [1.807, 2.05) is 29.2 Å². The molecule has 28 heavy (non-hydrogen) atoms. The first-order chi connectivity index (χ1) is 13.5. The maximum absolute atomic E-state index is 13.1. The first-order valence-corrected chi connectivity index (χ1v) is 10.0. The largest absolute Gasteiger partial charge is 0.384 e. The van der Waals surface area contributed by atoms with Crippen molar-refractivity contribution in [1.82, 2.24) is 14.9 Å². The third-order valence-corrected chi connectivity index (χ3v) is 5.47. The molecule has 146 valence electrons. The SMILES string of the molecule is CC(C)C1C=CCN1C(=O)c1cccc(-c2cc(N)nc(N3CCCC3)n2)c1. The second kappa shape index (κ2) is 7.62. The van der Waals surface area contributed by atoms with Crippen molar-refractivity contribution in [1.29, 1.82) is 0 Å². The molecule has 1 aromatic heterocycles. The summed E-state index contributed by atoms with van der Waals surface area (Å²) in [6.07, 6.45) is 6.50. The lowest BCUT2D eigenvalue weighted by Gasteiger charge is -2.27. The van der Waals surface area contributed by atoms with Crippen molar-refractivity contribution < 1.29 is 4.79 Å². The van der Waals surface area contributed by atoms with E-state index in [4.69, 9.17) is 10.7 Å². The Morgan fingerprint density at radius 3 is 2.71 bits per heavy atom. The Hall–Kier alpha value is -2.89. The molecule has 0 radical (unpaired) electrons. The molecule has 0 saturated carbocycles. The lowest BCUT2D eigenvalue weighted by Crippen LogP contribution is -2.39. The van der Waals surface area contributed by atoms with E-state index in [1.165, 1.54) is 0 Å². The van der Waals surface area contributed by atoms with E-state index in [0.717, 1.165) is 37.2 Å². The first kappa shape index (κ1) is 18.5. The van der Waals surface area contributed by atoms with Gasteiger partial charge in [-0.05, 0) is 30.9 Å². The van der Waals surface area contributed by atoms with Gasteiger partial charge in [-0.25, -0.2) is 4.98 Å². The van der Waals surface area contributed by atoms with Gasteiger partial charge in [0.05, 0.1) is 11.7 Å². The van der Waals surface area contributed by atoms with E-state index in [9.17, 15) is 4.79 Å². The fourth-order valence-corrected chi connectivity index (χ4v) is 3.98. The average Bonchev–Trinajstić information content (AvgIpc) is 3.39. The van der Waals surface area contributed by atoms with Crippen LogP contribution in [-0.2, 0) is 0 Å². The maximum Gasteiger partial charge on any atom is 0.254 e. The van der Waals surface area contributed by atoms with Gasteiger partial charge in [-0.2, -0.15) is 4.98 Å². The lowest BCUT2D eigenvalue weighted by atomic mass is 10.0. The van der Waals surface area contributed by atoms with Crippen molar-refractivity contribution in [2.45, 2.75) is 32.7 Å². The van der Waals surface area contributed by atoms with Crippen molar-refractivity contribution in [2.75, 3.05) is 30.3 Å². The average molecular weight is 377 g/mol. The van der Waals surface area contributed by atoms with E-state index in [1.54, 1.807) is 6.07 Å². The zero-order valence-electron chi connectivity index (χ0n) is 16.5. The minimum atomic E-state index is 0.0485. The number of nitrogen functional groups attached to an aromatic ring is 1. The number of carbonyl (C=O) groups is 1. The molecule has 2 aliphatic rings. The van der Waals surface area contributed by atoms with Crippen LogP contribution in [0.25, 0.3) is 11.3 Å². The molecule has 1 unspecified atom stereocenters. The highest BCUT2D eigenvalue weighted by Gasteiger charge is 2.28. The number of hydrogen-bond acceptors (Lipinski definition) is 5. The molecule has 4 rings (SSSR count). The van der Waals surface area contributed by atoms with Crippen LogP contribution in [0.15, 0.2) is 42.5 Å². The molecule has 2 aliphatic heterocycles. The van der Waals surface area contributed by atoms with Crippen LogP contribution in [0, 0.1) is 5.92 Å². The highest BCUT2D eigenvalue weighted by atomic mass is 16.2. The monoisotopic (exact) mass is 377 g/mol. The van der Waals surface area contributed by atoms with Gasteiger partial charge in [-0.3, -0.25) is 4.79 Å². The molecule has 6 nitrogen and oxygen atoms in total. The topological polar surface area (TPSA) is 75.3 Å². The predicted molar refractivity (Wildman–Crippen MR) is 112 cm³/mol. The summed E-state index contributed by atoms with van der Waals surface area (Å²) in [7, 11) is 0. The zero-order chi connectivity index (χ0) is 19.7. The Balaban J connectivity index is 1.63. The molecule has 0 aliphatic carbocycles. The number of rotatable bonds is 4. The summed E-state index contributed by atoms with van der Waals surface area (Å²) in [6.45, 7) is 6.85. The fourth-order valence-electron chi connectivity index (χ4n) is 3.98. The van der Waals surface area contributed by atoms with E-state index in [2.05, 4.69) is 35.9 Å². The minimum absolute atomic E-state index is 0.0485. The van der Waals surface area contributed by atoms with Gasteiger partial charge >= 0.3 is 0 Å². The molecule has 1 amide bonds. The molecule has 2 N–H and O–H groups in total. The number of nitrogens with zero attached hydrogens (tertiary/aromatic N) is 4. The summed E-state index contributed by atoms with van der Waals surface area (Å²) in [5.41, 5.74) is 8.36. The van der Waals surface area contributed by atoms with Gasteiger partial charge in [0.25, 0.3) is 5.91 Å². The molecule has 2 aromatic rings. The summed E-state index contributed by atoms with van der Waals surface area (Å²) in [5, 5.41) is 0. The van der Waals surface area contributed by atoms with Crippen molar-refractivity contribution in [3.05, 3.63) is 48.0 Å². The third-order valence-electron chi connectivity index (χ3n) is 5.47. The van der Waals surface area contributed by atoms with Crippen molar-refractivity contribution in [3.8, 4) is 11.3 Å². The van der Waals surface area contributed by atoms with Gasteiger partial charge in [0.15, 0.2) is 0 Å². The van der Waals surface area contributed by atoms with Gasteiger partial charge < -0.3 is 15.5 Å². The zero-order valence-corrected chi connectivity index (χ0v) is 16.5. The molecular formula is C22H27N5O. The summed E-state index contributed by atoms with van der Waals surface area (Å²) in [4.78, 5) is 26.3. The highest BCUT2D eigenvalue weighted by Crippen LogP contribution is 2.26. The number of aromatic nitrogens is 2. The summed E-state index contributed by atoms with van der Waals surface area (Å²) in [6, 6.07) is 9.57. The van der Waals surface area contributed by atoms with Crippen LogP contribution in [0.5, 0.6) is 0 Å². The van der Waals surface area contributed by atoms with Gasteiger partial charge in [-0.15, -0.1) is 0 Å². The molecule has 0 spiro atoms. The Bertz CT molecular complexity index is 902. The van der Waals surface area contributed by atoms with Crippen LogP contribution in [0.2, 0.25) is 0 Å². The van der Waals surface area contributed by atoms with Crippen LogP contribution in [-0.4, -0.2) is 46.5 Å². The molecule has 3 heterocycles. The number of amides is 1. The van der Waals surface area contributed by atoms with Crippen LogP contribution >= 0.6 is 0 Å². The van der Waals surface area contributed by atoms with Crippen LogP contribution in [0.1, 0.15) is 37.0 Å². The Morgan fingerprint density at radius 2 is 1.96 bits per heavy atom. The summed E-state index contributed by atoms with van der Waals surface area (Å²) in [5.74, 6) is 1.56. The standard InChI is InChI=1S/C22H27N5O/c1-15(2)19-9-6-12-27(19)21(28)17-8-5-7-16(13-17)18-14-20(23)25-22(24-18)26-10-3-4-11-26/h5-9,13-15,19H,3-4,10-12H2,1-2H3,(H2,23,24,25). The molecule has 1 saturated heterocycles. The Kier molecular flexibility index (Phi) is 5.03. The van der Waals surface area contributed by atoms with Crippen LogP contribution in [0.3, 0.4) is 0 Å². The molecule has 6 heteroatoms. The lowest BCUT2D eigenvalue weighted by molar-refractivity contribution is 0.0720. The second-order valence-electron chi connectivity index (χ2n) is 7.87. The highest BCUT2D eigenvalue weighted by molar-refractivity contribution is 5.96. The van der Waals surface area contributed by atoms with E-state index < -0.39 is 0 Å². The summed E-state index contributed by atoms with van der Waals surface area (Å²) >= 11 is 0. The van der Waals surface area contributed by atoms with E-state index in [0.29, 0.717) is 29.8 Å². The molecule has 1 fully saturated rings. The van der Waals surface area contributed by atoms with Crippen molar-refractivity contribution in [3.63, 3.8) is 0 Å². The number of hydrogen-bond donors (Lipinski definition) is 1. The van der Waals surface area contributed by atoms with Gasteiger partial charge in [0, 0.05) is 36.8 Å². The second-order valence-corrected chi connectivity index (χ2v) is 7.87. The van der Waals surface area contributed by atoms with Crippen molar-refractivity contribution >= 4 is 17.7 Å². The van der Waals surface area contributed by atoms with Gasteiger partial charge in [0.2, 0.25) is 5.95 Å². The van der Waals surface area contributed by atoms with Crippen molar-refractivity contribution in [2.24, 2.45) is 5.92 Å². The molecule has 0 bridgehead atoms. The number of carbonyl (C=O) groups excluding carboxylic acids is 1. The molecular weight excluding hydrogens is 350 g/mol. The number of benzene rings is 1. The maximum atomic E-state index is 13.1. The third kappa shape index (κ3) is 3.59. The van der Waals surface area contributed by atoms with Gasteiger partial charge in [0.1, 0.15) is 5.82 Å².